The third-order valence-corrected chi connectivity index (χ3v) is 6.24. The molecule has 1 saturated carbocycles. The smallest absolute Gasteiger partial charge is 0.325 e. The van der Waals surface area contributed by atoms with Crippen LogP contribution in [0.15, 0.2) is 18.5 Å². The number of carbonyl (C=O) groups is 2. The number of aromatic nitrogens is 2. The summed E-state index contributed by atoms with van der Waals surface area (Å²) in [4.78, 5) is 31.1. The molecular weight excluding hydrogens is 356 g/mol. The summed E-state index contributed by atoms with van der Waals surface area (Å²) in [5.74, 6) is -0.180. The van der Waals surface area contributed by atoms with Gasteiger partial charge in [-0.15, -0.1) is 0 Å². The summed E-state index contributed by atoms with van der Waals surface area (Å²) in [6.45, 7) is 4.37. The number of nitrogens with one attached hydrogen (secondary N) is 1. The number of aliphatic hydroxyl groups is 1. The predicted octanol–water partition coefficient (Wildman–Crippen LogP) is 2.66. The second kappa shape index (κ2) is 7.20. The molecule has 1 aliphatic carbocycles. The standard InChI is InChI=1S/C21H28N4O3/c1-14-9-17-18(10-15(14)2)24(13-22-17)11-16(26)12-25-19(27)21(23-20(25)28)7-5-3-4-6-8-21/h9-10,13,16,26H,3-8,11-12H2,1-2H3,(H,23,28). The van der Waals surface area contributed by atoms with Crippen molar-refractivity contribution in [3.63, 3.8) is 0 Å². The molecule has 1 aliphatic heterocycles. The quantitative estimate of drug-likeness (QED) is 0.794. The van der Waals surface area contributed by atoms with Gasteiger partial charge in [-0.05, 0) is 49.9 Å². The maximum absolute atomic E-state index is 13.0. The molecule has 1 atom stereocenters. The summed E-state index contributed by atoms with van der Waals surface area (Å²) in [7, 11) is 0. The SMILES string of the molecule is Cc1cc2ncn(CC(O)CN3C(=O)NC4(CCCCCC4)C3=O)c2cc1C. The zero-order valence-corrected chi connectivity index (χ0v) is 16.6. The van der Waals surface area contributed by atoms with E-state index in [1.807, 2.05) is 24.5 Å². The first kappa shape index (κ1) is 18.9. The fourth-order valence-electron chi connectivity index (χ4n) is 4.47. The normalized spacial score (nSPS) is 20.6. The molecule has 7 nitrogen and oxygen atoms in total. The highest BCUT2D eigenvalue weighted by molar-refractivity contribution is 6.07. The minimum Gasteiger partial charge on any atom is -0.389 e. The third kappa shape index (κ3) is 3.28. The van der Waals surface area contributed by atoms with Gasteiger partial charge in [0.25, 0.3) is 5.91 Å². The minimum atomic E-state index is -0.852. The second-order valence-electron chi connectivity index (χ2n) is 8.32. The topological polar surface area (TPSA) is 87.5 Å². The largest absolute Gasteiger partial charge is 0.389 e. The average molecular weight is 384 g/mol. The van der Waals surface area contributed by atoms with Gasteiger partial charge in [-0.3, -0.25) is 9.69 Å². The average Bonchev–Trinajstić information content (AvgIpc) is 3.00. The Morgan fingerprint density at radius 2 is 1.79 bits per heavy atom. The summed E-state index contributed by atoms with van der Waals surface area (Å²) in [6, 6.07) is 3.70. The zero-order valence-electron chi connectivity index (χ0n) is 16.6. The van der Waals surface area contributed by atoms with Crippen LogP contribution in [0.1, 0.15) is 49.7 Å². The number of imide groups is 1. The highest BCUT2D eigenvalue weighted by atomic mass is 16.3. The molecule has 1 spiro atoms. The van der Waals surface area contributed by atoms with Gasteiger partial charge in [-0.1, -0.05) is 25.7 Å². The van der Waals surface area contributed by atoms with Crippen LogP contribution < -0.4 is 5.32 Å². The summed E-state index contributed by atoms with van der Waals surface area (Å²) >= 11 is 0. The Hall–Kier alpha value is -2.41. The van der Waals surface area contributed by atoms with Crippen molar-refractivity contribution in [1.29, 1.82) is 0 Å². The highest BCUT2D eigenvalue weighted by Crippen LogP contribution is 2.32. The fourth-order valence-corrected chi connectivity index (χ4v) is 4.47. The lowest BCUT2D eigenvalue weighted by Gasteiger charge is -2.25. The monoisotopic (exact) mass is 384 g/mol. The van der Waals surface area contributed by atoms with E-state index < -0.39 is 11.6 Å². The van der Waals surface area contributed by atoms with Gasteiger partial charge in [-0.25, -0.2) is 9.78 Å². The molecule has 2 fully saturated rings. The van der Waals surface area contributed by atoms with E-state index in [0.29, 0.717) is 12.8 Å². The Labute approximate surface area is 164 Å². The summed E-state index contributed by atoms with van der Waals surface area (Å²) < 4.78 is 1.88. The molecular formula is C21H28N4O3. The van der Waals surface area contributed by atoms with Crippen LogP contribution >= 0.6 is 0 Å². The number of aryl methyl sites for hydroxylation is 2. The number of urea groups is 1. The van der Waals surface area contributed by atoms with Crippen molar-refractivity contribution in [3.05, 3.63) is 29.6 Å². The van der Waals surface area contributed by atoms with Crippen molar-refractivity contribution >= 4 is 23.0 Å². The van der Waals surface area contributed by atoms with E-state index in [9.17, 15) is 14.7 Å². The number of carbonyl (C=O) groups excluding carboxylic acids is 2. The summed E-state index contributed by atoms with van der Waals surface area (Å²) in [6.07, 6.45) is 6.31. The molecule has 150 valence electrons. The Kier molecular flexibility index (Phi) is 4.87. The van der Waals surface area contributed by atoms with E-state index in [1.54, 1.807) is 6.33 Å². The van der Waals surface area contributed by atoms with Gasteiger partial charge in [0.15, 0.2) is 0 Å². The lowest BCUT2D eigenvalue weighted by atomic mass is 9.90. The van der Waals surface area contributed by atoms with Crippen molar-refractivity contribution in [2.24, 2.45) is 0 Å². The van der Waals surface area contributed by atoms with Crippen LogP contribution in [-0.2, 0) is 11.3 Å². The van der Waals surface area contributed by atoms with Crippen molar-refractivity contribution < 1.29 is 14.7 Å². The van der Waals surface area contributed by atoms with E-state index in [2.05, 4.69) is 16.4 Å². The number of aliphatic hydroxyl groups excluding tert-OH is 1. The van der Waals surface area contributed by atoms with Crippen LogP contribution in [0, 0.1) is 13.8 Å². The Morgan fingerprint density at radius 1 is 1.11 bits per heavy atom. The highest BCUT2D eigenvalue weighted by Gasteiger charge is 2.50. The summed E-state index contributed by atoms with van der Waals surface area (Å²) in [5.41, 5.74) is 3.39. The van der Waals surface area contributed by atoms with E-state index in [0.717, 1.165) is 42.3 Å². The number of hydrogen-bond donors (Lipinski definition) is 2. The maximum atomic E-state index is 13.0. The minimum absolute atomic E-state index is 0.00304. The van der Waals surface area contributed by atoms with E-state index in [1.165, 1.54) is 10.5 Å². The van der Waals surface area contributed by atoms with Crippen LogP contribution in [0.3, 0.4) is 0 Å². The van der Waals surface area contributed by atoms with Crippen molar-refractivity contribution in [2.75, 3.05) is 6.54 Å². The van der Waals surface area contributed by atoms with Gasteiger partial charge in [0.2, 0.25) is 0 Å². The Bertz CT molecular complexity index is 912. The predicted molar refractivity (Wildman–Crippen MR) is 106 cm³/mol. The van der Waals surface area contributed by atoms with Gasteiger partial charge in [0, 0.05) is 0 Å². The van der Waals surface area contributed by atoms with Crippen molar-refractivity contribution in [3.8, 4) is 0 Å². The number of benzene rings is 1. The number of rotatable bonds is 4. The molecule has 1 aromatic heterocycles. The second-order valence-corrected chi connectivity index (χ2v) is 8.32. The first-order chi connectivity index (χ1) is 13.4. The Morgan fingerprint density at radius 3 is 2.50 bits per heavy atom. The first-order valence-electron chi connectivity index (χ1n) is 10.1. The molecule has 0 bridgehead atoms. The van der Waals surface area contributed by atoms with E-state index >= 15 is 0 Å². The van der Waals surface area contributed by atoms with Crippen LogP contribution in [0.5, 0.6) is 0 Å². The number of amides is 3. The van der Waals surface area contributed by atoms with Gasteiger partial charge < -0.3 is 15.0 Å². The maximum Gasteiger partial charge on any atom is 0.325 e. The molecule has 1 aromatic carbocycles. The molecule has 2 N–H and O–H groups in total. The molecule has 7 heteroatoms. The molecule has 2 aliphatic rings. The van der Waals surface area contributed by atoms with Crippen LogP contribution in [0.25, 0.3) is 11.0 Å². The van der Waals surface area contributed by atoms with Crippen LogP contribution in [0.2, 0.25) is 0 Å². The molecule has 28 heavy (non-hydrogen) atoms. The molecule has 4 rings (SSSR count). The van der Waals surface area contributed by atoms with Crippen LogP contribution in [0.4, 0.5) is 4.79 Å². The number of nitrogens with zero attached hydrogens (tertiary/aromatic N) is 3. The lowest BCUT2D eigenvalue weighted by molar-refractivity contribution is -0.132. The van der Waals surface area contributed by atoms with Crippen molar-refractivity contribution in [1.82, 2.24) is 19.8 Å². The molecule has 2 aromatic rings. The van der Waals surface area contributed by atoms with Gasteiger partial charge in [0.1, 0.15) is 5.54 Å². The molecule has 0 radical (unpaired) electrons. The molecule has 1 unspecified atom stereocenters. The Balaban J connectivity index is 1.48. The third-order valence-electron chi connectivity index (χ3n) is 6.24. The number of β-amino-alcohol motifs (C(OH)–C–C–N with tert-alkyl or cyclic N) is 1. The van der Waals surface area contributed by atoms with E-state index in [4.69, 9.17) is 0 Å². The molecule has 3 amide bonds. The number of imidazole rings is 1. The van der Waals surface area contributed by atoms with Gasteiger partial charge in [0.05, 0.1) is 36.6 Å². The van der Waals surface area contributed by atoms with Gasteiger partial charge >= 0.3 is 6.03 Å². The summed E-state index contributed by atoms with van der Waals surface area (Å²) in [5, 5.41) is 13.5. The molecule has 1 saturated heterocycles. The zero-order chi connectivity index (χ0) is 19.9. The van der Waals surface area contributed by atoms with E-state index in [-0.39, 0.29) is 25.0 Å². The van der Waals surface area contributed by atoms with Gasteiger partial charge in [-0.2, -0.15) is 0 Å². The molecule has 2 heterocycles. The lowest BCUT2D eigenvalue weighted by Crippen LogP contribution is -2.47. The fraction of sp³-hybridized carbons (Fsp3) is 0.571. The number of fused-ring (bicyclic) bond motifs is 1. The van der Waals surface area contributed by atoms with Crippen molar-refractivity contribution in [2.45, 2.75) is 70.6 Å². The van der Waals surface area contributed by atoms with Crippen LogP contribution in [-0.4, -0.2) is 49.7 Å². The number of hydrogen-bond acceptors (Lipinski definition) is 4. The first-order valence-corrected chi connectivity index (χ1v) is 10.1.